The van der Waals surface area contributed by atoms with E-state index >= 15 is 0 Å². The summed E-state index contributed by atoms with van der Waals surface area (Å²) in [6.07, 6.45) is 1.78. The number of carbonyl (C=O) groups excluding carboxylic acids is 1. The number of esters is 1. The minimum Gasteiger partial charge on any atom is -0.462 e. The molecule has 0 aliphatic carbocycles. The predicted octanol–water partition coefficient (Wildman–Crippen LogP) is 4.38. The number of carbonyl (C=O) groups is 1. The second-order valence-corrected chi connectivity index (χ2v) is 4.99. The van der Waals surface area contributed by atoms with E-state index < -0.39 is 0 Å². The molecule has 20 heavy (non-hydrogen) atoms. The Balaban J connectivity index is 2.07. The van der Waals surface area contributed by atoms with Gasteiger partial charge < -0.3 is 4.74 Å². The first-order valence-corrected chi connectivity index (χ1v) is 7.05. The maximum absolute atomic E-state index is 11.5. The third-order valence-electron chi connectivity index (χ3n) is 2.61. The molecule has 0 aliphatic rings. The number of benzene rings is 2. The molecule has 0 atom stereocenters. The maximum Gasteiger partial charge on any atom is 0.338 e. The number of ether oxygens (including phenoxy) is 1. The van der Waals surface area contributed by atoms with Crippen LogP contribution in [0.2, 0.25) is 0 Å². The lowest BCUT2D eigenvalue weighted by atomic mass is 10.2. The van der Waals surface area contributed by atoms with Crippen molar-refractivity contribution in [3.8, 4) is 0 Å². The summed E-state index contributed by atoms with van der Waals surface area (Å²) in [6.45, 7) is 2.16. The number of rotatable bonds is 4. The average molecular weight is 332 g/mol. The van der Waals surface area contributed by atoms with Gasteiger partial charge in [-0.1, -0.05) is 28.1 Å². The van der Waals surface area contributed by atoms with Crippen LogP contribution >= 0.6 is 15.9 Å². The quantitative estimate of drug-likeness (QED) is 0.616. The monoisotopic (exact) mass is 331 g/mol. The molecule has 3 nitrogen and oxygen atoms in total. The molecule has 0 fully saturated rings. The van der Waals surface area contributed by atoms with E-state index in [0.717, 1.165) is 15.7 Å². The summed E-state index contributed by atoms with van der Waals surface area (Å²) >= 11 is 3.39. The molecule has 0 saturated heterocycles. The molecule has 0 radical (unpaired) electrons. The van der Waals surface area contributed by atoms with E-state index in [1.165, 1.54) is 0 Å². The molecule has 2 aromatic carbocycles. The lowest BCUT2D eigenvalue weighted by Gasteiger charge is -2.01. The molecule has 0 heterocycles. The van der Waals surface area contributed by atoms with Crippen molar-refractivity contribution in [1.29, 1.82) is 0 Å². The highest BCUT2D eigenvalue weighted by Crippen LogP contribution is 2.15. The molecule has 0 spiro atoms. The van der Waals surface area contributed by atoms with Gasteiger partial charge in [0.2, 0.25) is 0 Å². The molecule has 2 rings (SSSR count). The van der Waals surface area contributed by atoms with Gasteiger partial charge in [0.15, 0.2) is 0 Å². The fourth-order valence-electron chi connectivity index (χ4n) is 1.60. The van der Waals surface area contributed by atoms with Crippen LogP contribution in [0.4, 0.5) is 5.69 Å². The Morgan fingerprint density at radius 2 is 1.80 bits per heavy atom. The lowest BCUT2D eigenvalue weighted by Crippen LogP contribution is -2.03. The van der Waals surface area contributed by atoms with Gasteiger partial charge in [0.05, 0.1) is 17.9 Å². The third kappa shape index (κ3) is 4.03. The minimum atomic E-state index is -0.309. The fourth-order valence-corrected chi connectivity index (χ4v) is 1.86. The molecule has 102 valence electrons. The molecule has 0 unspecified atom stereocenters. The third-order valence-corrected chi connectivity index (χ3v) is 3.14. The number of hydrogen-bond donors (Lipinski definition) is 0. The Morgan fingerprint density at radius 1 is 1.15 bits per heavy atom. The molecule has 4 heteroatoms. The van der Waals surface area contributed by atoms with Crippen LogP contribution in [0, 0.1) is 0 Å². The van der Waals surface area contributed by atoms with Crippen LogP contribution in [0.15, 0.2) is 58.0 Å². The predicted molar refractivity (Wildman–Crippen MR) is 83.8 cm³/mol. The Labute approximate surface area is 126 Å². The van der Waals surface area contributed by atoms with Crippen LogP contribution in [-0.4, -0.2) is 18.8 Å². The smallest absolute Gasteiger partial charge is 0.338 e. The van der Waals surface area contributed by atoms with Crippen molar-refractivity contribution < 1.29 is 9.53 Å². The van der Waals surface area contributed by atoms with Gasteiger partial charge >= 0.3 is 5.97 Å². The van der Waals surface area contributed by atoms with Crippen molar-refractivity contribution in [2.24, 2.45) is 4.99 Å². The molecule has 0 saturated carbocycles. The van der Waals surface area contributed by atoms with E-state index in [9.17, 15) is 4.79 Å². The molecule has 2 aromatic rings. The molecule has 0 N–H and O–H groups in total. The number of aliphatic imine (C=N–C) groups is 1. The first kappa shape index (κ1) is 14.5. The first-order chi connectivity index (χ1) is 9.69. The number of hydrogen-bond acceptors (Lipinski definition) is 3. The van der Waals surface area contributed by atoms with Crippen LogP contribution in [0.3, 0.4) is 0 Å². The van der Waals surface area contributed by atoms with Gasteiger partial charge in [-0.25, -0.2) is 4.79 Å². The van der Waals surface area contributed by atoms with Crippen molar-refractivity contribution in [3.05, 3.63) is 64.1 Å². The second kappa shape index (κ2) is 7.01. The highest BCUT2D eigenvalue weighted by atomic mass is 79.9. The van der Waals surface area contributed by atoms with E-state index in [0.29, 0.717) is 12.2 Å². The summed E-state index contributed by atoms with van der Waals surface area (Å²) in [7, 11) is 0. The Hall–Kier alpha value is -1.94. The summed E-state index contributed by atoms with van der Waals surface area (Å²) in [6, 6.07) is 14.9. The van der Waals surface area contributed by atoms with Gasteiger partial charge in [-0.3, -0.25) is 4.99 Å². The van der Waals surface area contributed by atoms with E-state index in [1.54, 1.807) is 37.4 Å². The highest BCUT2D eigenvalue weighted by molar-refractivity contribution is 9.10. The summed E-state index contributed by atoms with van der Waals surface area (Å²) in [5.41, 5.74) is 2.35. The lowest BCUT2D eigenvalue weighted by molar-refractivity contribution is 0.0526. The number of nitrogens with zero attached hydrogens (tertiary/aromatic N) is 1. The van der Waals surface area contributed by atoms with E-state index in [2.05, 4.69) is 20.9 Å². The van der Waals surface area contributed by atoms with Crippen LogP contribution < -0.4 is 0 Å². The van der Waals surface area contributed by atoms with Gasteiger partial charge in [0, 0.05) is 10.7 Å². The SMILES string of the molecule is CCOC(=O)c1ccc(/N=C/c2ccc(Br)cc2)cc1. The maximum atomic E-state index is 11.5. The largest absolute Gasteiger partial charge is 0.462 e. The molecule has 0 aliphatic heterocycles. The van der Waals surface area contributed by atoms with Crippen LogP contribution in [0.1, 0.15) is 22.8 Å². The normalized spacial score (nSPS) is 10.7. The number of halogens is 1. The molecule has 0 amide bonds. The summed E-state index contributed by atoms with van der Waals surface area (Å²) in [5.74, 6) is -0.309. The Bertz CT molecular complexity index is 603. The first-order valence-electron chi connectivity index (χ1n) is 6.26. The second-order valence-electron chi connectivity index (χ2n) is 4.08. The van der Waals surface area contributed by atoms with Gasteiger partial charge in [0.1, 0.15) is 0 Å². The van der Waals surface area contributed by atoms with Gasteiger partial charge in [-0.2, -0.15) is 0 Å². The molecular formula is C16H14BrNO2. The van der Waals surface area contributed by atoms with Gasteiger partial charge in [-0.15, -0.1) is 0 Å². The topological polar surface area (TPSA) is 38.7 Å². The van der Waals surface area contributed by atoms with Crippen molar-refractivity contribution in [2.45, 2.75) is 6.92 Å². The van der Waals surface area contributed by atoms with Crippen molar-refractivity contribution >= 4 is 33.8 Å². The van der Waals surface area contributed by atoms with Gasteiger partial charge in [0.25, 0.3) is 0 Å². The Morgan fingerprint density at radius 3 is 2.40 bits per heavy atom. The van der Waals surface area contributed by atoms with Crippen molar-refractivity contribution in [3.63, 3.8) is 0 Å². The molecule has 0 bridgehead atoms. The van der Waals surface area contributed by atoms with E-state index in [-0.39, 0.29) is 5.97 Å². The summed E-state index contributed by atoms with van der Waals surface area (Å²) < 4.78 is 5.96. The van der Waals surface area contributed by atoms with Gasteiger partial charge in [-0.05, 0) is 48.9 Å². The zero-order chi connectivity index (χ0) is 14.4. The Kier molecular flexibility index (Phi) is 5.07. The average Bonchev–Trinajstić information content (AvgIpc) is 2.47. The molecular weight excluding hydrogens is 318 g/mol. The highest BCUT2D eigenvalue weighted by Gasteiger charge is 2.04. The van der Waals surface area contributed by atoms with Crippen LogP contribution in [-0.2, 0) is 4.74 Å². The summed E-state index contributed by atoms with van der Waals surface area (Å²) in [5, 5.41) is 0. The standard InChI is InChI=1S/C16H14BrNO2/c1-2-20-16(19)13-5-9-15(10-6-13)18-11-12-3-7-14(17)8-4-12/h3-11H,2H2,1H3/b18-11+. The molecule has 0 aromatic heterocycles. The van der Waals surface area contributed by atoms with Crippen molar-refractivity contribution in [2.75, 3.05) is 6.61 Å². The van der Waals surface area contributed by atoms with E-state index in [1.807, 2.05) is 24.3 Å². The zero-order valence-corrected chi connectivity index (χ0v) is 12.6. The van der Waals surface area contributed by atoms with Crippen LogP contribution in [0.25, 0.3) is 0 Å². The zero-order valence-electron chi connectivity index (χ0n) is 11.0. The van der Waals surface area contributed by atoms with Crippen molar-refractivity contribution in [1.82, 2.24) is 0 Å². The van der Waals surface area contributed by atoms with E-state index in [4.69, 9.17) is 4.74 Å². The summed E-state index contributed by atoms with van der Waals surface area (Å²) in [4.78, 5) is 15.9. The fraction of sp³-hybridized carbons (Fsp3) is 0.125. The minimum absolute atomic E-state index is 0.309. The van der Waals surface area contributed by atoms with Crippen LogP contribution in [0.5, 0.6) is 0 Å².